The van der Waals surface area contributed by atoms with E-state index in [0.717, 1.165) is 18.5 Å². The number of aromatic amines is 1. The minimum atomic E-state index is -0.331. The zero-order valence-corrected chi connectivity index (χ0v) is 9.47. The first-order valence-corrected chi connectivity index (χ1v) is 5.42. The number of nitrogen functional groups attached to an aromatic ring is 1. The van der Waals surface area contributed by atoms with Crippen molar-refractivity contribution in [2.24, 2.45) is 0 Å². The molecule has 1 heterocycles. The van der Waals surface area contributed by atoms with Gasteiger partial charge in [-0.15, -0.1) is 0 Å². The van der Waals surface area contributed by atoms with Gasteiger partial charge in [0.15, 0.2) is 5.69 Å². The Balaban J connectivity index is 2.08. The van der Waals surface area contributed by atoms with Gasteiger partial charge >= 0.3 is 0 Å². The van der Waals surface area contributed by atoms with Crippen LogP contribution in [0.25, 0.3) is 0 Å². The molecule has 1 saturated carbocycles. The van der Waals surface area contributed by atoms with Crippen molar-refractivity contribution in [2.45, 2.75) is 18.8 Å². The number of H-pyrrole nitrogens is 1. The van der Waals surface area contributed by atoms with Crippen LogP contribution in [0.4, 0.5) is 5.69 Å². The van der Waals surface area contributed by atoms with Gasteiger partial charge in [0.05, 0.1) is 17.9 Å². The van der Waals surface area contributed by atoms with Gasteiger partial charge in [0.1, 0.15) is 0 Å². The van der Waals surface area contributed by atoms with Gasteiger partial charge in [-0.1, -0.05) is 18.2 Å². The van der Waals surface area contributed by atoms with E-state index >= 15 is 0 Å². The third-order valence-corrected chi connectivity index (χ3v) is 2.61. The van der Waals surface area contributed by atoms with Crippen molar-refractivity contribution < 1.29 is 4.79 Å². The molecule has 6 heteroatoms. The summed E-state index contributed by atoms with van der Waals surface area (Å²) in [6.07, 6.45) is 2.21. The number of hydrogen-bond donors (Lipinski definition) is 3. The summed E-state index contributed by atoms with van der Waals surface area (Å²) in [7, 11) is 0. The summed E-state index contributed by atoms with van der Waals surface area (Å²) in [6.45, 7) is 3.69. The van der Waals surface area contributed by atoms with E-state index in [1.807, 2.05) is 0 Å². The Morgan fingerprint density at radius 2 is 2.38 bits per heavy atom. The summed E-state index contributed by atoms with van der Waals surface area (Å²) >= 11 is 5.55. The van der Waals surface area contributed by atoms with E-state index in [4.69, 9.17) is 17.3 Å². The van der Waals surface area contributed by atoms with E-state index in [-0.39, 0.29) is 18.1 Å². The summed E-state index contributed by atoms with van der Waals surface area (Å²) in [5.74, 6) is 0.111. The molecule has 0 aliphatic heterocycles. The summed E-state index contributed by atoms with van der Waals surface area (Å²) in [6, 6.07) is 0. The first kappa shape index (κ1) is 11.0. The molecule has 1 aliphatic carbocycles. The van der Waals surface area contributed by atoms with Crippen LogP contribution >= 0.6 is 11.6 Å². The van der Waals surface area contributed by atoms with E-state index in [1.54, 1.807) is 0 Å². The second kappa shape index (κ2) is 4.17. The topological polar surface area (TPSA) is 83.8 Å². The highest BCUT2D eigenvalue weighted by atomic mass is 35.5. The fraction of sp³-hybridized carbons (Fsp3) is 0.400. The molecule has 0 saturated heterocycles. The van der Waals surface area contributed by atoms with Gasteiger partial charge in [-0.3, -0.25) is 9.89 Å². The molecule has 1 aromatic rings. The smallest absolute Gasteiger partial charge is 0.274 e. The van der Waals surface area contributed by atoms with Gasteiger partial charge in [0.2, 0.25) is 0 Å². The van der Waals surface area contributed by atoms with E-state index in [2.05, 4.69) is 22.1 Å². The molecule has 1 aromatic heterocycles. The van der Waals surface area contributed by atoms with Crippen LogP contribution in [0.15, 0.2) is 11.6 Å². The zero-order valence-electron chi connectivity index (χ0n) is 8.72. The lowest BCUT2D eigenvalue weighted by Gasteiger charge is -2.01. The van der Waals surface area contributed by atoms with Crippen molar-refractivity contribution in [1.29, 1.82) is 0 Å². The van der Waals surface area contributed by atoms with Gasteiger partial charge in [-0.25, -0.2) is 0 Å². The third-order valence-electron chi connectivity index (χ3n) is 2.47. The highest BCUT2D eigenvalue weighted by molar-refractivity contribution is 6.29. The van der Waals surface area contributed by atoms with Crippen LogP contribution < -0.4 is 11.1 Å². The first-order valence-electron chi connectivity index (χ1n) is 5.04. The van der Waals surface area contributed by atoms with Crippen molar-refractivity contribution in [2.75, 3.05) is 12.3 Å². The molecule has 5 nitrogen and oxygen atoms in total. The number of nitrogens with zero attached hydrogens (tertiary/aromatic N) is 1. The Kier molecular flexibility index (Phi) is 2.87. The Bertz CT molecular complexity index is 436. The molecular formula is C10H13ClN4O. The molecule has 1 aliphatic rings. The average Bonchev–Trinajstić information content (AvgIpc) is 2.99. The van der Waals surface area contributed by atoms with E-state index < -0.39 is 0 Å². The van der Waals surface area contributed by atoms with Crippen molar-refractivity contribution >= 4 is 23.2 Å². The van der Waals surface area contributed by atoms with Gasteiger partial charge in [0, 0.05) is 11.0 Å². The number of carbonyl (C=O) groups is 1. The lowest BCUT2D eigenvalue weighted by molar-refractivity contribution is 0.0953. The van der Waals surface area contributed by atoms with Crippen LogP contribution in [0, 0.1) is 0 Å². The van der Waals surface area contributed by atoms with E-state index in [9.17, 15) is 4.79 Å². The molecule has 4 N–H and O–H groups in total. The second-order valence-corrected chi connectivity index (χ2v) is 4.41. The lowest BCUT2D eigenvalue weighted by atomic mass is 10.2. The molecular weight excluding hydrogens is 228 g/mol. The molecule has 0 bridgehead atoms. The fourth-order valence-corrected chi connectivity index (χ4v) is 1.55. The van der Waals surface area contributed by atoms with E-state index in [1.165, 1.54) is 0 Å². The molecule has 0 spiro atoms. The average molecular weight is 241 g/mol. The minimum absolute atomic E-state index is 0.214. The SMILES string of the molecule is C=C(Cl)CNC(=O)c1n[nH]c(C2CC2)c1N. The lowest BCUT2D eigenvalue weighted by Crippen LogP contribution is -2.25. The molecule has 2 rings (SSSR count). The number of amides is 1. The number of rotatable bonds is 4. The maximum atomic E-state index is 11.7. The number of hydrogen-bond acceptors (Lipinski definition) is 3. The van der Waals surface area contributed by atoms with Gasteiger partial charge in [-0.2, -0.15) is 5.10 Å². The molecule has 0 unspecified atom stereocenters. The van der Waals surface area contributed by atoms with Crippen molar-refractivity contribution in [3.05, 3.63) is 23.0 Å². The highest BCUT2D eigenvalue weighted by Gasteiger charge is 2.30. The fourth-order valence-electron chi connectivity index (χ4n) is 1.48. The van der Waals surface area contributed by atoms with Crippen molar-refractivity contribution in [3.8, 4) is 0 Å². The third kappa shape index (κ3) is 2.19. The summed E-state index contributed by atoms with van der Waals surface area (Å²) in [5, 5.41) is 9.68. The van der Waals surface area contributed by atoms with Crippen LogP contribution in [0.2, 0.25) is 0 Å². The van der Waals surface area contributed by atoms with Crippen molar-refractivity contribution in [3.63, 3.8) is 0 Å². The molecule has 1 fully saturated rings. The number of carbonyl (C=O) groups excluding carboxylic acids is 1. The monoisotopic (exact) mass is 240 g/mol. The van der Waals surface area contributed by atoms with Crippen LogP contribution in [0.5, 0.6) is 0 Å². The Labute approximate surface area is 98.0 Å². The molecule has 1 amide bonds. The van der Waals surface area contributed by atoms with E-state index in [0.29, 0.717) is 16.6 Å². The van der Waals surface area contributed by atoms with Crippen LogP contribution in [-0.2, 0) is 0 Å². The Morgan fingerprint density at radius 1 is 1.69 bits per heavy atom. The number of halogens is 1. The predicted octanol–water partition coefficient (Wildman–Crippen LogP) is 1.35. The first-order chi connectivity index (χ1) is 7.59. The standard InChI is InChI=1S/C10H13ClN4O/c1-5(11)4-13-10(16)9-7(12)8(14-15-9)6-2-3-6/h6H,1-4,12H2,(H,13,16)(H,14,15). The highest BCUT2D eigenvalue weighted by Crippen LogP contribution is 2.42. The summed E-state index contributed by atoms with van der Waals surface area (Å²) in [5.41, 5.74) is 7.39. The van der Waals surface area contributed by atoms with Crippen LogP contribution in [0.3, 0.4) is 0 Å². The zero-order chi connectivity index (χ0) is 11.7. The number of nitrogens with one attached hydrogen (secondary N) is 2. The summed E-state index contributed by atoms with van der Waals surface area (Å²) in [4.78, 5) is 11.7. The quantitative estimate of drug-likeness (QED) is 0.743. The van der Waals surface area contributed by atoms with Gasteiger partial charge < -0.3 is 11.1 Å². The second-order valence-electron chi connectivity index (χ2n) is 3.87. The number of nitrogens with two attached hydrogens (primary N) is 1. The molecule has 86 valence electrons. The Morgan fingerprint density at radius 3 is 2.94 bits per heavy atom. The molecule has 16 heavy (non-hydrogen) atoms. The normalized spacial score (nSPS) is 14.8. The Hall–Kier alpha value is -1.49. The minimum Gasteiger partial charge on any atom is -0.395 e. The molecule has 0 radical (unpaired) electrons. The largest absolute Gasteiger partial charge is 0.395 e. The van der Waals surface area contributed by atoms with Crippen molar-refractivity contribution in [1.82, 2.24) is 15.5 Å². The molecule has 0 aromatic carbocycles. The maximum Gasteiger partial charge on any atom is 0.274 e. The van der Waals surface area contributed by atoms with Gasteiger partial charge in [-0.05, 0) is 12.8 Å². The van der Waals surface area contributed by atoms with Crippen LogP contribution in [0.1, 0.15) is 34.9 Å². The number of aromatic nitrogens is 2. The van der Waals surface area contributed by atoms with Crippen LogP contribution in [-0.4, -0.2) is 22.6 Å². The molecule has 0 atom stereocenters. The number of anilines is 1. The van der Waals surface area contributed by atoms with Gasteiger partial charge in [0.25, 0.3) is 5.91 Å². The predicted molar refractivity (Wildman–Crippen MR) is 62.3 cm³/mol. The summed E-state index contributed by atoms with van der Waals surface area (Å²) < 4.78 is 0. The maximum absolute atomic E-state index is 11.7.